The second-order valence-electron chi connectivity index (χ2n) is 5.61. The summed E-state index contributed by atoms with van der Waals surface area (Å²) in [5, 5.41) is 0. The molecule has 1 saturated carbocycles. The van der Waals surface area contributed by atoms with Crippen LogP contribution in [-0.4, -0.2) is 25.5 Å². The maximum absolute atomic E-state index is 12.3. The molecule has 1 unspecified atom stereocenters. The van der Waals surface area contributed by atoms with Gasteiger partial charge in [0.15, 0.2) is 9.84 Å². The van der Waals surface area contributed by atoms with E-state index in [4.69, 9.17) is 4.74 Å². The molecular weight excluding hydrogens is 248 g/mol. The molecule has 2 fully saturated rings. The zero-order valence-electron chi connectivity index (χ0n) is 11.3. The Morgan fingerprint density at radius 3 is 2.56 bits per heavy atom. The van der Waals surface area contributed by atoms with Gasteiger partial charge in [0.05, 0.1) is 12.0 Å². The van der Waals surface area contributed by atoms with Crippen molar-refractivity contribution in [1.29, 1.82) is 0 Å². The third-order valence-electron chi connectivity index (χ3n) is 4.44. The molecule has 0 amide bonds. The summed E-state index contributed by atoms with van der Waals surface area (Å²) in [6.45, 7) is 2.31. The minimum Gasteiger partial charge on any atom is -0.500 e. The molecule has 1 atom stereocenters. The van der Waals surface area contributed by atoms with Gasteiger partial charge in [-0.15, -0.1) is 0 Å². The normalized spacial score (nSPS) is 31.3. The highest BCUT2D eigenvalue weighted by molar-refractivity contribution is 7.92. The molecule has 3 nitrogen and oxygen atoms in total. The van der Waals surface area contributed by atoms with Crippen LogP contribution in [0.2, 0.25) is 0 Å². The fourth-order valence-electron chi connectivity index (χ4n) is 3.03. The first-order valence-corrected chi connectivity index (χ1v) is 8.77. The van der Waals surface area contributed by atoms with Crippen LogP contribution >= 0.6 is 0 Å². The van der Waals surface area contributed by atoms with E-state index in [-0.39, 0.29) is 0 Å². The lowest BCUT2D eigenvalue weighted by Gasteiger charge is -2.35. The summed E-state index contributed by atoms with van der Waals surface area (Å²) in [6, 6.07) is 0. The largest absolute Gasteiger partial charge is 0.500 e. The first-order chi connectivity index (χ1) is 8.60. The van der Waals surface area contributed by atoms with Crippen molar-refractivity contribution in [3.63, 3.8) is 0 Å². The predicted molar refractivity (Wildman–Crippen MR) is 73.2 cm³/mol. The highest BCUT2D eigenvalue weighted by Gasteiger charge is 2.44. The first kappa shape index (κ1) is 13.9. The molecule has 104 valence electrons. The van der Waals surface area contributed by atoms with Crippen molar-refractivity contribution in [2.24, 2.45) is 0 Å². The summed E-state index contributed by atoms with van der Waals surface area (Å²) < 4.78 is 29.5. The zero-order chi connectivity index (χ0) is 13.1. The molecule has 1 aliphatic carbocycles. The summed E-state index contributed by atoms with van der Waals surface area (Å²) in [7, 11) is -2.99. The lowest BCUT2D eigenvalue weighted by atomic mass is 9.98. The number of hydrogen-bond donors (Lipinski definition) is 0. The summed E-state index contributed by atoms with van der Waals surface area (Å²) in [5.74, 6) is 0.334. The Morgan fingerprint density at radius 1 is 1.22 bits per heavy atom. The van der Waals surface area contributed by atoms with Crippen molar-refractivity contribution >= 4 is 9.84 Å². The van der Waals surface area contributed by atoms with Crippen LogP contribution in [0, 0.1) is 0 Å². The van der Waals surface area contributed by atoms with Crippen molar-refractivity contribution in [2.45, 2.75) is 63.0 Å². The second-order valence-corrected chi connectivity index (χ2v) is 8.11. The van der Waals surface area contributed by atoms with Crippen molar-refractivity contribution in [1.82, 2.24) is 0 Å². The zero-order valence-corrected chi connectivity index (χ0v) is 12.1. The van der Waals surface area contributed by atoms with Gasteiger partial charge in [0.2, 0.25) is 0 Å². The minimum absolute atomic E-state index is 0.334. The molecular formula is C14H24O3S. The van der Waals surface area contributed by atoms with Crippen LogP contribution in [0.3, 0.4) is 0 Å². The SMILES string of the molecule is CCC1(COC=C2CCCC2)CCCCS1(=O)=O. The van der Waals surface area contributed by atoms with Gasteiger partial charge in [0.25, 0.3) is 0 Å². The molecule has 4 heteroatoms. The third kappa shape index (κ3) is 2.73. The maximum Gasteiger partial charge on any atom is 0.159 e. The standard InChI is InChI=1S/C14H24O3S/c1-2-14(9-5-6-10-18(14,15)16)12-17-11-13-7-3-4-8-13/h11H,2-10,12H2,1H3. The molecule has 1 saturated heterocycles. The van der Waals surface area contributed by atoms with Crippen molar-refractivity contribution in [2.75, 3.05) is 12.4 Å². The quantitative estimate of drug-likeness (QED) is 0.738. The second kappa shape index (κ2) is 5.64. The van der Waals surface area contributed by atoms with E-state index >= 15 is 0 Å². The van der Waals surface area contributed by atoms with Crippen LogP contribution in [0.1, 0.15) is 58.3 Å². The minimum atomic E-state index is -2.99. The van der Waals surface area contributed by atoms with E-state index in [2.05, 4.69) is 0 Å². The molecule has 1 aliphatic heterocycles. The van der Waals surface area contributed by atoms with E-state index in [1.54, 1.807) is 0 Å². The Kier molecular flexibility index (Phi) is 4.36. The number of hydrogen-bond acceptors (Lipinski definition) is 3. The third-order valence-corrected chi connectivity index (χ3v) is 7.20. The van der Waals surface area contributed by atoms with Gasteiger partial charge < -0.3 is 4.74 Å². The fraction of sp³-hybridized carbons (Fsp3) is 0.857. The highest BCUT2D eigenvalue weighted by atomic mass is 32.2. The van der Waals surface area contributed by atoms with E-state index in [9.17, 15) is 8.42 Å². The fourth-order valence-corrected chi connectivity index (χ4v) is 5.19. The van der Waals surface area contributed by atoms with Gasteiger partial charge in [0, 0.05) is 0 Å². The van der Waals surface area contributed by atoms with Crippen molar-refractivity contribution in [3.05, 3.63) is 11.8 Å². The van der Waals surface area contributed by atoms with E-state index in [0.717, 1.165) is 32.1 Å². The molecule has 2 aliphatic rings. The number of ether oxygens (including phenoxy) is 1. The van der Waals surface area contributed by atoms with E-state index in [1.807, 2.05) is 13.2 Å². The molecule has 0 N–H and O–H groups in total. The summed E-state index contributed by atoms with van der Waals surface area (Å²) in [5.41, 5.74) is 1.34. The summed E-state index contributed by atoms with van der Waals surface area (Å²) in [4.78, 5) is 0. The molecule has 2 rings (SSSR count). The van der Waals surface area contributed by atoms with Crippen LogP contribution in [0.15, 0.2) is 11.8 Å². The maximum atomic E-state index is 12.3. The molecule has 0 aromatic rings. The Labute approximate surface area is 111 Å². The van der Waals surface area contributed by atoms with Crippen LogP contribution in [0.25, 0.3) is 0 Å². The van der Waals surface area contributed by atoms with Gasteiger partial charge in [0.1, 0.15) is 11.4 Å². The summed E-state index contributed by atoms with van der Waals surface area (Å²) in [6.07, 6.45) is 9.79. The number of allylic oxidation sites excluding steroid dienone is 1. The lowest BCUT2D eigenvalue weighted by molar-refractivity contribution is 0.190. The topological polar surface area (TPSA) is 43.4 Å². The molecule has 1 heterocycles. The van der Waals surface area contributed by atoms with Crippen molar-refractivity contribution in [3.8, 4) is 0 Å². The predicted octanol–water partition coefficient (Wildman–Crippen LogP) is 3.21. The number of sulfone groups is 1. The molecule has 18 heavy (non-hydrogen) atoms. The highest BCUT2D eigenvalue weighted by Crippen LogP contribution is 2.34. The van der Waals surface area contributed by atoms with Gasteiger partial charge in [-0.2, -0.15) is 0 Å². The molecule has 0 aromatic heterocycles. The van der Waals surface area contributed by atoms with Crippen molar-refractivity contribution < 1.29 is 13.2 Å². The Bertz CT molecular complexity index is 403. The molecule has 0 aromatic carbocycles. The van der Waals surface area contributed by atoms with Crippen LogP contribution in [0.5, 0.6) is 0 Å². The average Bonchev–Trinajstić information content (AvgIpc) is 2.84. The monoisotopic (exact) mass is 272 g/mol. The van der Waals surface area contributed by atoms with E-state index < -0.39 is 14.6 Å². The van der Waals surface area contributed by atoms with Gasteiger partial charge in [-0.3, -0.25) is 0 Å². The van der Waals surface area contributed by atoms with Crippen LogP contribution in [0.4, 0.5) is 0 Å². The lowest BCUT2D eigenvalue weighted by Crippen LogP contribution is -2.46. The number of rotatable bonds is 4. The Balaban J connectivity index is 2.01. The molecule has 0 bridgehead atoms. The van der Waals surface area contributed by atoms with E-state index in [1.165, 1.54) is 18.4 Å². The van der Waals surface area contributed by atoms with E-state index in [0.29, 0.717) is 18.8 Å². The van der Waals surface area contributed by atoms with Gasteiger partial charge in [-0.05, 0) is 50.5 Å². The average molecular weight is 272 g/mol. The Morgan fingerprint density at radius 2 is 1.94 bits per heavy atom. The summed E-state index contributed by atoms with van der Waals surface area (Å²) >= 11 is 0. The van der Waals surface area contributed by atoms with Crippen LogP contribution in [-0.2, 0) is 14.6 Å². The Hall–Kier alpha value is -0.510. The van der Waals surface area contributed by atoms with Gasteiger partial charge in [-0.25, -0.2) is 8.42 Å². The van der Waals surface area contributed by atoms with Gasteiger partial charge >= 0.3 is 0 Å². The molecule has 0 spiro atoms. The smallest absolute Gasteiger partial charge is 0.159 e. The van der Waals surface area contributed by atoms with Gasteiger partial charge in [-0.1, -0.05) is 13.3 Å². The first-order valence-electron chi connectivity index (χ1n) is 7.11. The van der Waals surface area contributed by atoms with Crippen LogP contribution < -0.4 is 0 Å². The molecule has 0 radical (unpaired) electrons.